The van der Waals surface area contributed by atoms with E-state index in [0.29, 0.717) is 6.07 Å². The van der Waals surface area contributed by atoms with E-state index in [4.69, 9.17) is 0 Å². The summed E-state index contributed by atoms with van der Waals surface area (Å²) >= 11 is 0. The Morgan fingerprint density at radius 2 is 1.56 bits per heavy atom. The lowest BCUT2D eigenvalue weighted by atomic mass is 10.3. The lowest BCUT2D eigenvalue weighted by Gasteiger charge is -2.18. The van der Waals surface area contributed by atoms with Gasteiger partial charge in [0.2, 0.25) is 0 Å². The second-order valence-electron chi connectivity index (χ2n) is 2.93. The van der Waals surface area contributed by atoms with E-state index >= 15 is 0 Å². The maximum absolute atomic E-state index is 12.6. The van der Waals surface area contributed by atoms with Crippen LogP contribution in [0, 0.1) is 0 Å². The first-order chi connectivity index (χ1) is 8.10. The molecule has 0 aliphatic carbocycles. The van der Waals surface area contributed by atoms with E-state index in [-0.39, 0.29) is 0 Å². The highest BCUT2D eigenvalue weighted by molar-refractivity contribution is 5.71. The van der Waals surface area contributed by atoms with Crippen molar-refractivity contribution < 1.29 is 41.3 Å². The van der Waals surface area contributed by atoms with Crippen LogP contribution in [0.4, 0.5) is 22.0 Å². The highest BCUT2D eigenvalue weighted by Gasteiger charge is 2.35. The van der Waals surface area contributed by atoms with Gasteiger partial charge in [-0.3, -0.25) is 0 Å². The van der Waals surface area contributed by atoms with Gasteiger partial charge in [-0.2, -0.15) is 8.78 Å². The monoisotopic (exact) mass is 271 g/mol. The molecule has 0 aromatic heterocycles. The summed E-state index contributed by atoms with van der Waals surface area (Å²) in [6, 6.07) is 3.05. The van der Waals surface area contributed by atoms with Gasteiger partial charge in [-0.15, -0.1) is 13.2 Å². The molecule has 0 spiro atoms. The Balaban J connectivity index is 2.86. The third kappa shape index (κ3) is 4.07. The summed E-state index contributed by atoms with van der Waals surface area (Å²) < 4.78 is 67.7. The number of alkyl halides is 5. The Morgan fingerprint density at radius 1 is 1.06 bits per heavy atom. The van der Waals surface area contributed by atoms with Gasteiger partial charge in [0.1, 0.15) is 11.5 Å². The number of benzene rings is 1. The summed E-state index contributed by atoms with van der Waals surface area (Å²) in [5.41, 5.74) is 0. The number of carboxylic acid groups (broad SMARTS) is 1. The fourth-order valence-electron chi connectivity index (χ4n) is 0.925. The maximum Gasteiger partial charge on any atom is 0.573 e. The SMILES string of the molecule is O=C([O-])C(F)(F)Oc1cccc(OC(F)(F)F)c1. The van der Waals surface area contributed by atoms with Crippen LogP contribution >= 0.6 is 0 Å². The predicted molar refractivity (Wildman–Crippen MR) is 43.7 cm³/mol. The predicted octanol–water partition coefficient (Wildman–Crippen LogP) is 1.31. The number of aliphatic carboxylic acids is 1. The van der Waals surface area contributed by atoms with Crippen LogP contribution in [0.3, 0.4) is 0 Å². The molecule has 0 saturated heterocycles. The van der Waals surface area contributed by atoms with Crippen molar-refractivity contribution in [3.05, 3.63) is 24.3 Å². The molecule has 1 aromatic rings. The van der Waals surface area contributed by atoms with Gasteiger partial charge in [0, 0.05) is 6.07 Å². The third-order valence-corrected chi connectivity index (χ3v) is 1.52. The van der Waals surface area contributed by atoms with E-state index in [0.717, 1.165) is 18.2 Å². The number of carboxylic acids is 1. The van der Waals surface area contributed by atoms with E-state index < -0.39 is 29.9 Å². The first-order valence-corrected chi connectivity index (χ1v) is 4.24. The molecule has 0 amide bonds. The van der Waals surface area contributed by atoms with Crippen molar-refractivity contribution in [2.24, 2.45) is 0 Å². The van der Waals surface area contributed by atoms with Gasteiger partial charge in [-0.25, -0.2) is 0 Å². The summed E-state index contributed by atoms with van der Waals surface area (Å²) in [5, 5.41) is 9.94. The van der Waals surface area contributed by atoms with Crippen LogP contribution in [0.1, 0.15) is 0 Å². The minimum Gasteiger partial charge on any atom is -0.541 e. The van der Waals surface area contributed by atoms with Crippen molar-refractivity contribution in [2.75, 3.05) is 0 Å². The summed E-state index contributed by atoms with van der Waals surface area (Å²) in [7, 11) is 0. The molecular formula is C9H4F5O4-. The van der Waals surface area contributed by atoms with Gasteiger partial charge in [-0.05, 0) is 12.1 Å². The summed E-state index contributed by atoms with van der Waals surface area (Å²) in [6.07, 6.45) is -9.66. The normalized spacial score (nSPS) is 12.1. The molecule has 0 fully saturated rings. The zero-order valence-electron chi connectivity index (χ0n) is 8.33. The molecule has 0 saturated carbocycles. The Hall–Kier alpha value is -2.06. The number of rotatable bonds is 4. The zero-order valence-corrected chi connectivity index (χ0v) is 8.33. The van der Waals surface area contributed by atoms with Crippen molar-refractivity contribution in [1.82, 2.24) is 0 Å². The molecule has 4 nitrogen and oxygen atoms in total. The smallest absolute Gasteiger partial charge is 0.541 e. The minimum atomic E-state index is -5.00. The molecular weight excluding hydrogens is 267 g/mol. The lowest BCUT2D eigenvalue weighted by Crippen LogP contribution is -2.45. The van der Waals surface area contributed by atoms with Gasteiger partial charge >= 0.3 is 12.5 Å². The maximum atomic E-state index is 12.6. The average molecular weight is 271 g/mol. The number of halogens is 5. The fraction of sp³-hybridized carbons (Fsp3) is 0.222. The first-order valence-electron chi connectivity index (χ1n) is 4.24. The summed E-state index contributed by atoms with van der Waals surface area (Å²) in [4.78, 5) is 9.94. The Bertz CT molecular complexity index is 443. The van der Waals surface area contributed by atoms with Crippen LogP contribution in [0.2, 0.25) is 0 Å². The molecule has 18 heavy (non-hydrogen) atoms. The quantitative estimate of drug-likeness (QED) is 0.775. The van der Waals surface area contributed by atoms with Gasteiger partial charge in [0.15, 0.2) is 5.97 Å². The van der Waals surface area contributed by atoms with Crippen molar-refractivity contribution >= 4 is 5.97 Å². The van der Waals surface area contributed by atoms with Gasteiger partial charge < -0.3 is 19.4 Å². The minimum absolute atomic E-state index is 0.463. The van der Waals surface area contributed by atoms with E-state index in [9.17, 15) is 31.9 Å². The largest absolute Gasteiger partial charge is 0.573 e. The number of hydrogen-bond donors (Lipinski definition) is 0. The highest BCUT2D eigenvalue weighted by Crippen LogP contribution is 2.28. The lowest BCUT2D eigenvalue weighted by molar-refractivity contribution is -0.350. The molecule has 0 aliphatic heterocycles. The van der Waals surface area contributed by atoms with Crippen molar-refractivity contribution in [1.29, 1.82) is 0 Å². The van der Waals surface area contributed by atoms with Crippen LogP contribution in [0.5, 0.6) is 11.5 Å². The van der Waals surface area contributed by atoms with Crippen molar-refractivity contribution in [2.45, 2.75) is 12.5 Å². The van der Waals surface area contributed by atoms with E-state index in [1.165, 1.54) is 0 Å². The zero-order chi connectivity index (χ0) is 14.0. The summed E-state index contributed by atoms with van der Waals surface area (Å²) in [6.45, 7) is 0. The second kappa shape index (κ2) is 4.67. The van der Waals surface area contributed by atoms with Crippen LogP contribution in [0.15, 0.2) is 24.3 Å². The molecule has 0 aliphatic rings. The standard InChI is InChI=1S/C9H5F5O4/c10-8(11,7(15)16)17-5-2-1-3-6(4-5)18-9(12,13)14/h1-4H,(H,15,16)/p-1. The number of hydrogen-bond acceptors (Lipinski definition) is 4. The van der Waals surface area contributed by atoms with Crippen LogP contribution in [-0.4, -0.2) is 18.4 Å². The topological polar surface area (TPSA) is 58.6 Å². The van der Waals surface area contributed by atoms with E-state index in [1.807, 2.05) is 0 Å². The first kappa shape index (κ1) is 14.0. The van der Waals surface area contributed by atoms with Crippen molar-refractivity contribution in [3.63, 3.8) is 0 Å². The Morgan fingerprint density at radius 3 is 2.00 bits per heavy atom. The Labute approximate surface area is 96.5 Å². The second-order valence-corrected chi connectivity index (χ2v) is 2.93. The van der Waals surface area contributed by atoms with Crippen LogP contribution < -0.4 is 14.6 Å². The highest BCUT2D eigenvalue weighted by atomic mass is 19.4. The third-order valence-electron chi connectivity index (χ3n) is 1.52. The van der Waals surface area contributed by atoms with Crippen molar-refractivity contribution in [3.8, 4) is 11.5 Å². The molecule has 0 heterocycles. The molecule has 1 aromatic carbocycles. The van der Waals surface area contributed by atoms with Gasteiger partial charge in [0.25, 0.3) is 0 Å². The molecule has 100 valence electrons. The number of carbonyl (C=O) groups is 1. The molecule has 9 heteroatoms. The molecule has 0 atom stereocenters. The average Bonchev–Trinajstić information content (AvgIpc) is 2.13. The number of carbonyl (C=O) groups excluding carboxylic acids is 1. The molecule has 0 radical (unpaired) electrons. The van der Waals surface area contributed by atoms with Crippen LogP contribution in [-0.2, 0) is 4.79 Å². The molecule has 0 unspecified atom stereocenters. The van der Waals surface area contributed by atoms with E-state index in [2.05, 4.69) is 9.47 Å². The van der Waals surface area contributed by atoms with E-state index in [1.54, 1.807) is 0 Å². The molecule has 0 bridgehead atoms. The Kier molecular flexibility index (Phi) is 3.63. The van der Waals surface area contributed by atoms with Gasteiger partial charge in [0.05, 0.1) is 0 Å². The fourth-order valence-corrected chi connectivity index (χ4v) is 0.925. The summed E-state index contributed by atoms with van der Waals surface area (Å²) in [5.74, 6) is -4.45. The number of ether oxygens (including phenoxy) is 2. The van der Waals surface area contributed by atoms with Crippen LogP contribution in [0.25, 0.3) is 0 Å². The molecule has 0 N–H and O–H groups in total. The van der Waals surface area contributed by atoms with Gasteiger partial charge in [-0.1, -0.05) is 6.07 Å². The molecule has 1 rings (SSSR count).